The van der Waals surface area contributed by atoms with Gasteiger partial charge in [-0.25, -0.2) is 58.0 Å². The number of aliphatic hydroxyl groups is 1. The van der Waals surface area contributed by atoms with Crippen LogP contribution < -0.4 is 16.0 Å². The van der Waals surface area contributed by atoms with Gasteiger partial charge in [-0.05, 0) is 146 Å². The Morgan fingerprint density at radius 2 is 0.714 bits per heavy atom. The second kappa shape index (κ2) is 34.4. The quantitative estimate of drug-likeness (QED) is 0.0298. The minimum Gasteiger partial charge on any atom is -0.392 e. The van der Waals surface area contributed by atoms with E-state index in [1.165, 1.54) is 48.6 Å². The number of hydrogen-bond acceptors (Lipinski definition) is 15. The van der Waals surface area contributed by atoms with Crippen molar-refractivity contribution in [1.29, 1.82) is 0 Å². The third kappa shape index (κ3) is 17.8. The van der Waals surface area contributed by atoms with Gasteiger partial charge in [0.05, 0.1) is 46.5 Å². The number of anilines is 6. The highest BCUT2D eigenvalue weighted by Gasteiger charge is 2.26. The lowest BCUT2D eigenvalue weighted by atomic mass is 10.1. The summed E-state index contributed by atoms with van der Waals surface area (Å²) in [6, 6.07) is 52.9. The summed E-state index contributed by atoms with van der Waals surface area (Å²) in [5, 5.41) is 19.0. The Morgan fingerprint density at radius 1 is 0.398 bits per heavy atom. The maximum absolute atomic E-state index is 13.6. The molecule has 0 amide bonds. The number of carbonyl (C=O) groups excluding carboxylic acids is 2. The standard InChI is InChI=1S/C25H24FN5O.2C25H22FN5O.CH4.B/c2*1-17(2)24-30-22(21-13-14-27-25(29-21)28-20-7-4-3-5-8-20)23(31(24)15-6-16-32)18-9-11-19(26)12-10-18;1-17(2)24-30-22(18-9-11-19(26)12-10-18)23(31(24)15-6-16-32)21-13-14-27-25(29-21)28-20-7-4-3-5-8-20;;/h3-15,17,32H,16H2,1-2H3,(H,27,28,29);2*3-17H,1-2H3,(H,27,28,29);1H4;/b3*15-6+;;. The van der Waals surface area contributed by atoms with Crippen molar-refractivity contribution >= 4 is 74.5 Å². The third-order valence-corrected chi connectivity index (χ3v) is 14.5. The molecule has 6 heterocycles. The fourth-order valence-electron chi connectivity index (χ4n) is 10.2. The molecule has 0 aliphatic rings. The molecule has 0 spiro atoms. The van der Waals surface area contributed by atoms with Crippen LogP contribution in [0.25, 0.3) is 86.5 Å². The Morgan fingerprint density at radius 3 is 1.06 bits per heavy atom. The summed E-state index contributed by atoms with van der Waals surface area (Å²) >= 11 is 0. The van der Waals surface area contributed by atoms with Gasteiger partial charge in [0.25, 0.3) is 0 Å². The van der Waals surface area contributed by atoms with E-state index in [0.29, 0.717) is 70.3 Å². The number of halogens is 3. The van der Waals surface area contributed by atoms with Gasteiger partial charge in [0.2, 0.25) is 17.8 Å². The van der Waals surface area contributed by atoms with Crippen LogP contribution in [-0.4, -0.2) is 91.3 Å². The summed E-state index contributed by atoms with van der Waals surface area (Å²) in [6.07, 6.45) is 16.0. The van der Waals surface area contributed by atoms with E-state index >= 15 is 0 Å². The highest BCUT2D eigenvalue weighted by Crippen LogP contribution is 2.39. The molecule has 6 aromatic heterocycles. The van der Waals surface area contributed by atoms with Crippen molar-refractivity contribution in [3.8, 4) is 67.9 Å². The first-order chi connectivity index (χ1) is 46.7. The first-order valence-electron chi connectivity index (χ1n) is 30.8. The Bertz CT molecular complexity index is 4650. The molecule has 0 saturated carbocycles. The van der Waals surface area contributed by atoms with Crippen molar-refractivity contribution in [2.24, 2.45) is 0 Å². The lowest BCUT2D eigenvalue weighted by Crippen LogP contribution is -2.03. The number of carbonyl (C=O) groups is 2. The number of allylic oxidation sites excluding steroid dienone is 2. The molecule has 0 aliphatic heterocycles. The van der Waals surface area contributed by atoms with Crippen LogP contribution in [0.5, 0.6) is 0 Å². The van der Waals surface area contributed by atoms with Crippen LogP contribution in [0.4, 0.5) is 48.1 Å². The molecule has 18 nitrogen and oxygen atoms in total. The Hall–Kier alpha value is -12.0. The Labute approximate surface area is 569 Å². The zero-order valence-electron chi connectivity index (χ0n) is 54.0. The average molecular weight is 1310 g/mol. The van der Waals surface area contributed by atoms with Crippen molar-refractivity contribution in [1.82, 2.24) is 58.6 Å². The number of benzene rings is 6. The minimum absolute atomic E-state index is 0. The predicted octanol–water partition coefficient (Wildman–Crippen LogP) is 17.1. The molecule has 0 fully saturated rings. The van der Waals surface area contributed by atoms with Crippen molar-refractivity contribution < 1.29 is 27.9 Å². The smallest absolute Gasteiger partial charge is 0.227 e. The monoisotopic (exact) mass is 1310 g/mol. The van der Waals surface area contributed by atoms with Gasteiger partial charge in [0.1, 0.15) is 58.9 Å². The van der Waals surface area contributed by atoms with Crippen LogP contribution in [0.1, 0.15) is 84.2 Å². The van der Waals surface area contributed by atoms with E-state index in [4.69, 9.17) is 24.9 Å². The molecule has 4 N–H and O–H groups in total. The largest absolute Gasteiger partial charge is 0.392 e. The fraction of sp³-hybridized carbons (Fsp3) is 0.145. The molecule has 0 unspecified atom stereocenters. The molecular formula is C76H72BF3N15O3. The predicted molar refractivity (Wildman–Crippen MR) is 385 cm³/mol. The van der Waals surface area contributed by atoms with E-state index in [2.05, 4.69) is 35.9 Å². The summed E-state index contributed by atoms with van der Waals surface area (Å²) in [6.45, 7) is 12.1. The first-order valence-corrected chi connectivity index (χ1v) is 30.8. The van der Waals surface area contributed by atoms with Crippen LogP contribution >= 0.6 is 0 Å². The van der Waals surface area contributed by atoms with Gasteiger partial charge >= 0.3 is 0 Å². The second-order valence-electron chi connectivity index (χ2n) is 22.4. The number of para-hydroxylation sites is 3. The number of nitrogens with one attached hydrogen (secondary N) is 3. The van der Waals surface area contributed by atoms with Gasteiger partial charge in [-0.3, -0.25) is 9.59 Å². The zero-order valence-corrected chi connectivity index (χ0v) is 54.0. The lowest BCUT2D eigenvalue weighted by Gasteiger charge is -2.11. The maximum Gasteiger partial charge on any atom is 0.227 e. The Balaban J connectivity index is 0.000000186. The zero-order chi connectivity index (χ0) is 67.5. The second-order valence-corrected chi connectivity index (χ2v) is 22.4. The molecule has 98 heavy (non-hydrogen) atoms. The summed E-state index contributed by atoms with van der Waals surface area (Å²) in [5.41, 5.74) is 10.9. The van der Waals surface area contributed by atoms with Crippen molar-refractivity contribution in [3.05, 3.63) is 254 Å². The number of aliphatic hydroxyl groups excluding tert-OH is 1. The SMILES string of the molecule is C.CC(C)c1nc(-c2ccc(F)cc2)c(-c2ccnc(Nc3ccccc3)n2)n1/C=C/C=O.CC(C)c1nc(-c2ccnc(Nc3ccccc3)n2)c(-c2ccc(F)cc2)n1/C=C/C=O.CC(C)c1nc(-c2ccnc(Nc3ccccc3)n2)c(-c2ccc(F)cc2)n1/C=C/CO.[B]. The van der Waals surface area contributed by atoms with Crippen LogP contribution in [0, 0.1) is 17.5 Å². The molecule has 3 radical (unpaired) electrons. The van der Waals surface area contributed by atoms with Crippen molar-refractivity contribution in [3.63, 3.8) is 0 Å². The van der Waals surface area contributed by atoms with Crippen LogP contribution in [0.3, 0.4) is 0 Å². The molecule has 12 rings (SSSR count). The number of hydrogen-bond donors (Lipinski definition) is 4. The average Bonchev–Trinajstić information content (AvgIpc) is 1.63. The molecule has 0 aliphatic carbocycles. The molecule has 0 atom stereocenters. The molecule has 6 aromatic carbocycles. The molecule has 493 valence electrons. The molecule has 0 bridgehead atoms. The van der Waals surface area contributed by atoms with Gasteiger partial charge in [0, 0.05) is 97.1 Å². The minimum atomic E-state index is -0.328. The number of rotatable bonds is 21. The van der Waals surface area contributed by atoms with E-state index in [-0.39, 0.29) is 57.7 Å². The highest BCUT2D eigenvalue weighted by atomic mass is 19.1. The number of nitrogens with zero attached hydrogens (tertiary/aromatic N) is 12. The fourth-order valence-corrected chi connectivity index (χ4v) is 10.2. The van der Waals surface area contributed by atoms with Crippen molar-refractivity contribution in [2.45, 2.75) is 66.7 Å². The summed E-state index contributed by atoms with van der Waals surface area (Å²) in [7, 11) is 0. The molecule has 12 aromatic rings. The van der Waals surface area contributed by atoms with Gasteiger partial charge < -0.3 is 34.8 Å². The number of imidazole rings is 3. The topological polar surface area (TPSA) is 221 Å². The Kier molecular flexibility index (Phi) is 25.2. The molecule has 22 heteroatoms. The van der Waals surface area contributed by atoms with Gasteiger partial charge in [-0.15, -0.1) is 0 Å². The summed E-state index contributed by atoms with van der Waals surface area (Å²) in [5.74, 6) is 2.92. The molecular weight excluding hydrogens is 1240 g/mol. The van der Waals surface area contributed by atoms with E-state index < -0.39 is 0 Å². The third-order valence-electron chi connectivity index (χ3n) is 14.5. The summed E-state index contributed by atoms with van der Waals surface area (Å²) in [4.78, 5) is 63.8. The van der Waals surface area contributed by atoms with Gasteiger partial charge in [-0.1, -0.05) is 104 Å². The first kappa shape index (κ1) is 71.8. The van der Waals surface area contributed by atoms with Crippen LogP contribution in [0.2, 0.25) is 0 Å². The molecule has 0 saturated heterocycles. The number of aromatic nitrogens is 12. The highest BCUT2D eigenvalue weighted by molar-refractivity contribution is 5.84. The van der Waals surface area contributed by atoms with Crippen LogP contribution in [0.15, 0.2) is 219 Å². The van der Waals surface area contributed by atoms with Crippen LogP contribution in [-0.2, 0) is 9.59 Å². The summed E-state index contributed by atoms with van der Waals surface area (Å²) < 4.78 is 46.4. The normalized spacial score (nSPS) is 11.1. The number of aldehydes is 2. The maximum atomic E-state index is 13.6. The lowest BCUT2D eigenvalue weighted by molar-refractivity contribution is -0.104. The van der Waals surface area contributed by atoms with Crippen molar-refractivity contribution in [2.75, 3.05) is 22.6 Å². The van der Waals surface area contributed by atoms with E-state index in [9.17, 15) is 27.9 Å². The van der Waals surface area contributed by atoms with E-state index in [0.717, 1.165) is 62.6 Å². The van der Waals surface area contributed by atoms with Gasteiger partial charge in [0.15, 0.2) is 0 Å². The van der Waals surface area contributed by atoms with E-state index in [1.54, 1.807) is 97.9 Å². The van der Waals surface area contributed by atoms with E-state index in [1.807, 2.05) is 146 Å². The van der Waals surface area contributed by atoms with Gasteiger partial charge in [-0.2, -0.15) is 0 Å².